The Labute approximate surface area is 198 Å². The summed E-state index contributed by atoms with van der Waals surface area (Å²) in [4.78, 5) is 44.2. The first-order valence-electron chi connectivity index (χ1n) is 12.0. The van der Waals surface area contributed by atoms with Crippen molar-refractivity contribution in [3.63, 3.8) is 0 Å². The van der Waals surface area contributed by atoms with E-state index in [1.807, 2.05) is 29.2 Å². The number of piperazine rings is 1. The number of aromatic nitrogens is 2. The number of anilines is 1. The molecule has 2 amide bonds. The van der Waals surface area contributed by atoms with Crippen LogP contribution < -0.4 is 21.1 Å². The Balaban J connectivity index is 1.28. The lowest BCUT2D eigenvalue weighted by Crippen LogP contribution is -2.47. The van der Waals surface area contributed by atoms with E-state index in [1.54, 1.807) is 22.8 Å². The largest absolute Gasteiger partial charge is 0.360 e. The molecule has 0 radical (unpaired) electrons. The summed E-state index contributed by atoms with van der Waals surface area (Å²) >= 11 is 0. The van der Waals surface area contributed by atoms with Crippen LogP contribution in [0.15, 0.2) is 47.3 Å². The molecule has 8 nitrogen and oxygen atoms in total. The molecule has 2 aliphatic heterocycles. The molecular weight excluding hydrogens is 430 g/mol. The lowest BCUT2D eigenvalue weighted by atomic mass is 10.1. The monoisotopic (exact) mass is 459 g/mol. The minimum absolute atomic E-state index is 0.0138. The number of aryl methyl sites for hydroxylation is 1. The Morgan fingerprint density at radius 1 is 1.00 bits per heavy atom. The van der Waals surface area contributed by atoms with Crippen LogP contribution in [0.5, 0.6) is 0 Å². The lowest BCUT2D eigenvalue weighted by molar-refractivity contribution is -0.120. The molecule has 1 aromatic heterocycles. The van der Waals surface area contributed by atoms with E-state index in [2.05, 4.69) is 10.6 Å². The van der Waals surface area contributed by atoms with E-state index in [-0.39, 0.29) is 17.4 Å². The van der Waals surface area contributed by atoms with Gasteiger partial charge in [0.05, 0.1) is 17.4 Å². The molecule has 0 atom stereocenters. The Morgan fingerprint density at radius 3 is 2.65 bits per heavy atom. The lowest BCUT2D eigenvalue weighted by Gasteiger charge is -2.28. The highest BCUT2D eigenvalue weighted by Crippen LogP contribution is 2.18. The van der Waals surface area contributed by atoms with E-state index < -0.39 is 0 Å². The smallest absolute Gasteiger partial charge is 0.261 e. The van der Waals surface area contributed by atoms with Gasteiger partial charge in [-0.3, -0.25) is 19.0 Å². The van der Waals surface area contributed by atoms with Crippen LogP contribution in [0.2, 0.25) is 0 Å². The van der Waals surface area contributed by atoms with Crippen molar-refractivity contribution in [2.75, 3.05) is 24.5 Å². The predicted octanol–water partition coefficient (Wildman–Crippen LogP) is 2.38. The summed E-state index contributed by atoms with van der Waals surface area (Å²) in [5.41, 5.74) is 3.02. The van der Waals surface area contributed by atoms with E-state index in [0.29, 0.717) is 42.6 Å². The van der Waals surface area contributed by atoms with E-state index in [9.17, 15) is 14.4 Å². The number of fused-ring (bicyclic) bond motifs is 2. The number of rotatable bonds is 4. The molecule has 0 saturated carbocycles. The molecule has 0 unspecified atom stereocenters. The van der Waals surface area contributed by atoms with Crippen molar-refractivity contribution in [1.29, 1.82) is 0 Å². The molecule has 176 valence electrons. The van der Waals surface area contributed by atoms with Gasteiger partial charge in [0.2, 0.25) is 5.91 Å². The highest BCUT2D eigenvalue weighted by molar-refractivity contribution is 5.97. The van der Waals surface area contributed by atoms with Crippen molar-refractivity contribution in [3.8, 4) is 0 Å². The Bertz CT molecular complexity index is 1280. The van der Waals surface area contributed by atoms with Crippen LogP contribution in [-0.4, -0.2) is 41.0 Å². The molecule has 2 N–H and O–H groups in total. The number of hydrogen-bond acceptors (Lipinski definition) is 5. The van der Waals surface area contributed by atoms with Gasteiger partial charge in [0.15, 0.2) is 0 Å². The molecule has 34 heavy (non-hydrogen) atoms. The average molecular weight is 460 g/mol. The molecule has 3 heterocycles. The fourth-order valence-corrected chi connectivity index (χ4v) is 4.70. The van der Waals surface area contributed by atoms with Crippen molar-refractivity contribution in [3.05, 3.63) is 69.8 Å². The molecular formula is C26H29N5O3. The first-order chi connectivity index (χ1) is 16.6. The SMILES string of the molecule is O=C1CN(c2ccc(CNC(=O)c3ccc4c(=O)n5c(nc4c3)CCCCCC5)cc2)CCN1. The normalized spacial score (nSPS) is 16.4. The summed E-state index contributed by atoms with van der Waals surface area (Å²) in [6.45, 7) is 2.89. The molecule has 0 aliphatic carbocycles. The maximum atomic E-state index is 13.0. The van der Waals surface area contributed by atoms with Crippen LogP contribution in [0.3, 0.4) is 0 Å². The van der Waals surface area contributed by atoms with Crippen LogP contribution in [0.1, 0.15) is 47.4 Å². The van der Waals surface area contributed by atoms with Gasteiger partial charge in [-0.25, -0.2) is 4.98 Å². The second-order valence-corrected chi connectivity index (χ2v) is 9.00. The van der Waals surface area contributed by atoms with Gasteiger partial charge in [-0.1, -0.05) is 25.0 Å². The van der Waals surface area contributed by atoms with Gasteiger partial charge in [0.1, 0.15) is 5.82 Å². The summed E-state index contributed by atoms with van der Waals surface area (Å²) in [6.07, 6.45) is 5.11. The minimum Gasteiger partial charge on any atom is -0.360 e. The Morgan fingerprint density at radius 2 is 1.82 bits per heavy atom. The number of carbonyl (C=O) groups is 2. The zero-order valence-corrected chi connectivity index (χ0v) is 19.2. The van der Waals surface area contributed by atoms with Crippen LogP contribution in [0.25, 0.3) is 10.9 Å². The van der Waals surface area contributed by atoms with Gasteiger partial charge >= 0.3 is 0 Å². The zero-order valence-electron chi connectivity index (χ0n) is 19.2. The van der Waals surface area contributed by atoms with Gasteiger partial charge < -0.3 is 15.5 Å². The molecule has 2 aliphatic rings. The van der Waals surface area contributed by atoms with E-state index >= 15 is 0 Å². The molecule has 0 bridgehead atoms. The van der Waals surface area contributed by atoms with E-state index in [0.717, 1.165) is 55.7 Å². The van der Waals surface area contributed by atoms with E-state index in [4.69, 9.17) is 4.98 Å². The number of nitrogens with zero attached hydrogens (tertiary/aromatic N) is 3. The quantitative estimate of drug-likeness (QED) is 0.625. The van der Waals surface area contributed by atoms with Crippen LogP contribution in [-0.2, 0) is 24.3 Å². The van der Waals surface area contributed by atoms with Gasteiger partial charge in [0.25, 0.3) is 11.5 Å². The number of benzene rings is 2. The number of amides is 2. The maximum absolute atomic E-state index is 13.0. The average Bonchev–Trinajstić information content (AvgIpc) is 2.84. The summed E-state index contributed by atoms with van der Waals surface area (Å²) in [7, 11) is 0. The van der Waals surface area contributed by atoms with Crippen molar-refractivity contribution in [2.45, 2.75) is 45.2 Å². The molecule has 1 saturated heterocycles. The van der Waals surface area contributed by atoms with Crippen LogP contribution in [0.4, 0.5) is 5.69 Å². The summed E-state index contributed by atoms with van der Waals surface area (Å²) in [6, 6.07) is 13.0. The second-order valence-electron chi connectivity index (χ2n) is 9.00. The van der Waals surface area contributed by atoms with Gasteiger partial charge in [-0.15, -0.1) is 0 Å². The maximum Gasteiger partial charge on any atom is 0.261 e. The minimum atomic E-state index is -0.202. The molecule has 3 aromatic rings. The van der Waals surface area contributed by atoms with Crippen molar-refractivity contribution >= 4 is 28.4 Å². The van der Waals surface area contributed by atoms with Gasteiger partial charge in [0, 0.05) is 43.9 Å². The third-order valence-corrected chi connectivity index (χ3v) is 6.62. The van der Waals surface area contributed by atoms with Crippen LogP contribution >= 0.6 is 0 Å². The highest BCUT2D eigenvalue weighted by Gasteiger charge is 2.17. The standard InChI is InChI=1S/C26H29N5O3/c32-24-17-30(14-12-27-24)20-9-6-18(7-10-20)16-28-25(33)19-8-11-21-22(15-19)29-23-5-3-1-2-4-13-31(23)26(21)34/h6-11,15H,1-5,12-14,16-17H2,(H,27,32)(H,28,33). The number of hydrogen-bond donors (Lipinski definition) is 2. The molecule has 2 aromatic carbocycles. The third-order valence-electron chi connectivity index (χ3n) is 6.62. The zero-order chi connectivity index (χ0) is 23.5. The fraction of sp³-hybridized carbons (Fsp3) is 0.385. The summed E-state index contributed by atoms with van der Waals surface area (Å²) < 4.78 is 1.81. The highest BCUT2D eigenvalue weighted by atomic mass is 16.2. The fourth-order valence-electron chi connectivity index (χ4n) is 4.70. The van der Waals surface area contributed by atoms with Gasteiger partial charge in [-0.05, 0) is 48.7 Å². The van der Waals surface area contributed by atoms with E-state index in [1.165, 1.54) is 0 Å². The topological polar surface area (TPSA) is 96.3 Å². The van der Waals surface area contributed by atoms with Gasteiger partial charge in [-0.2, -0.15) is 0 Å². The molecule has 5 rings (SSSR count). The third kappa shape index (κ3) is 4.66. The summed E-state index contributed by atoms with van der Waals surface area (Å²) in [5, 5.41) is 6.34. The number of nitrogens with one attached hydrogen (secondary N) is 2. The molecule has 8 heteroatoms. The van der Waals surface area contributed by atoms with Crippen molar-refractivity contribution in [2.24, 2.45) is 0 Å². The molecule has 0 spiro atoms. The first kappa shape index (κ1) is 22.1. The predicted molar refractivity (Wildman–Crippen MR) is 131 cm³/mol. The summed E-state index contributed by atoms with van der Waals surface area (Å²) in [5.74, 6) is 0.648. The Kier molecular flexibility index (Phi) is 6.29. The first-order valence-corrected chi connectivity index (χ1v) is 12.0. The van der Waals surface area contributed by atoms with Crippen molar-refractivity contribution in [1.82, 2.24) is 20.2 Å². The number of carbonyl (C=O) groups excluding carboxylic acids is 2. The van der Waals surface area contributed by atoms with Crippen molar-refractivity contribution < 1.29 is 9.59 Å². The second kappa shape index (κ2) is 9.67. The Hall–Kier alpha value is -3.68. The molecule has 1 fully saturated rings. The van der Waals surface area contributed by atoms with Crippen LogP contribution in [0, 0.1) is 0 Å².